The highest BCUT2D eigenvalue weighted by Gasteiger charge is 2.30. The van der Waals surface area contributed by atoms with Crippen LogP contribution in [0.15, 0.2) is 59.5 Å². The molecule has 2 atom stereocenters. The second-order valence-electron chi connectivity index (χ2n) is 5.58. The molecule has 2 unspecified atom stereocenters. The molecule has 2 aromatic carbocycles. The maximum absolute atomic E-state index is 4.17. The van der Waals surface area contributed by atoms with E-state index in [1.165, 1.54) is 16.0 Å². The summed E-state index contributed by atoms with van der Waals surface area (Å²) in [5, 5.41) is 15.6. The van der Waals surface area contributed by atoms with Gasteiger partial charge in [0.05, 0.1) is 12.1 Å². The molecule has 5 nitrogen and oxygen atoms in total. The van der Waals surface area contributed by atoms with Crippen molar-refractivity contribution in [2.75, 3.05) is 11.6 Å². The number of anilines is 1. The Bertz CT molecular complexity index is 784. The van der Waals surface area contributed by atoms with E-state index >= 15 is 0 Å². The fourth-order valence-electron chi connectivity index (χ4n) is 3.04. The summed E-state index contributed by atoms with van der Waals surface area (Å²) in [6.07, 6.45) is 3.01. The lowest BCUT2D eigenvalue weighted by Crippen LogP contribution is -2.28. The SMILES string of the molecule is CSc1ccc(C2CC(c3ccccc3)Nc3nnnn32)cc1. The van der Waals surface area contributed by atoms with Crippen LogP contribution < -0.4 is 5.32 Å². The Morgan fingerprint density at radius 1 is 1.04 bits per heavy atom. The minimum absolute atomic E-state index is 0.141. The average molecular weight is 323 g/mol. The van der Waals surface area contributed by atoms with Crippen LogP contribution in [0.5, 0.6) is 0 Å². The van der Waals surface area contributed by atoms with E-state index in [9.17, 15) is 0 Å². The van der Waals surface area contributed by atoms with Crippen molar-refractivity contribution in [3.05, 3.63) is 65.7 Å². The minimum atomic E-state index is 0.141. The molecule has 1 N–H and O–H groups in total. The van der Waals surface area contributed by atoms with E-state index in [1.807, 2.05) is 10.7 Å². The van der Waals surface area contributed by atoms with Gasteiger partial charge in [-0.05, 0) is 46.4 Å². The van der Waals surface area contributed by atoms with Crippen LogP contribution in [0.1, 0.15) is 29.6 Å². The number of rotatable bonds is 3. The molecule has 116 valence electrons. The summed E-state index contributed by atoms with van der Waals surface area (Å²) in [5.74, 6) is 0.726. The highest BCUT2D eigenvalue weighted by molar-refractivity contribution is 7.98. The zero-order valence-corrected chi connectivity index (χ0v) is 13.6. The monoisotopic (exact) mass is 323 g/mol. The normalized spacial score (nSPS) is 19.9. The molecule has 1 aliphatic heterocycles. The number of nitrogens with one attached hydrogen (secondary N) is 1. The Balaban J connectivity index is 1.70. The molecule has 1 aliphatic rings. The Hall–Kier alpha value is -2.34. The van der Waals surface area contributed by atoms with Crippen molar-refractivity contribution >= 4 is 17.7 Å². The molecule has 4 rings (SSSR count). The Morgan fingerprint density at radius 3 is 2.57 bits per heavy atom. The van der Waals surface area contributed by atoms with Gasteiger partial charge in [0.2, 0.25) is 5.95 Å². The first kappa shape index (κ1) is 14.3. The van der Waals surface area contributed by atoms with Gasteiger partial charge >= 0.3 is 0 Å². The van der Waals surface area contributed by atoms with Crippen LogP contribution in [-0.2, 0) is 0 Å². The minimum Gasteiger partial charge on any atom is -0.346 e. The number of nitrogens with zero attached hydrogens (tertiary/aromatic N) is 4. The third kappa shape index (κ3) is 2.70. The second-order valence-corrected chi connectivity index (χ2v) is 6.46. The molecule has 0 fully saturated rings. The Kier molecular flexibility index (Phi) is 3.75. The van der Waals surface area contributed by atoms with Crippen molar-refractivity contribution in [1.82, 2.24) is 20.2 Å². The van der Waals surface area contributed by atoms with Gasteiger partial charge in [0.25, 0.3) is 0 Å². The molecule has 0 saturated carbocycles. The maximum Gasteiger partial charge on any atom is 0.243 e. The number of benzene rings is 2. The van der Waals surface area contributed by atoms with Crippen molar-refractivity contribution < 1.29 is 0 Å². The van der Waals surface area contributed by atoms with E-state index in [4.69, 9.17) is 0 Å². The summed E-state index contributed by atoms with van der Waals surface area (Å²) in [5.41, 5.74) is 2.49. The maximum atomic E-state index is 4.17. The molecule has 0 saturated heterocycles. The van der Waals surface area contributed by atoms with E-state index in [-0.39, 0.29) is 12.1 Å². The molecule has 0 aliphatic carbocycles. The summed E-state index contributed by atoms with van der Waals surface area (Å²) in [7, 11) is 0. The van der Waals surface area contributed by atoms with Gasteiger partial charge in [-0.25, -0.2) is 4.68 Å². The van der Waals surface area contributed by atoms with Gasteiger partial charge in [-0.1, -0.05) is 47.6 Å². The zero-order valence-electron chi connectivity index (χ0n) is 12.8. The first-order chi connectivity index (χ1) is 11.3. The van der Waals surface area contributed by atoms with Crippen LogP contribution in [-0.4, -0.2) is 26.5 Å². The summed E-state index contributed by atoms with van der Waals surface area (Å²) in [4.78, 5) is 1.26. The number of fused-ring (bicyclic) bond motifs is 1. The third-order valence-electron chi connectivity index (χ3n) is 4.25. The van der Waals surface area contributed by atoms with Gasteiger partial charge in [-0.2, -0.15) is 0 Å². The predicted molar refractivity (Wildman–Crippen MR) is 91.6 cm³/mol. The predicted octanol–water partition coefficient (Wildman–Crippen LogP) is 3.54. The van der Waals surface area contributed by atoms with E-state index in [0.29, 0.717) is 0 Å². The van der Waals surface area contributed by atoms with Gasteiger partial charge < -0.3 is 5.32 Å². The fourth-order valence-corrected chi connectivity index (χ4v) is 3.45. The molecule has 2 heterocycles. The fraction of sp³-hybridized carbons (Fsp3) is 0.235. The Morgan fingerprint density at radius 2 is 1.83 bits per heavy atom. The van der Waals surface area contributed by atoms with E-state index < -0.39 is 0 Å². The number of hydrogen-bond donors (Lipinski definition) is 1. The zero-order chi connectivity index (χ0) is 15.6. The summed E-state index contributed by atoms with van der Waals surface area (Å²) >= 11 is 1.75. The van der Waals surface area contributed by atoms with Crippen molar-refractivity contribution in [3.63, 3.8) is 0 Å². The molecule has 3 aromatic rings. The van der Waals surface area contributed by atoms with E-state index in [2.05, 4.69) is 75.6 Å². The number of thioether (sulfide) groups is 1. The highest BCUT2D eigenvalue weighted by Crippen LogP contribution is 2.37. The lowest BCUT2D eigenvalue weighted by atomic mass is 9.93. The molecule has 6 heteroatoms. The van der Waals surface area contributed by atoms with Crippen LogP contribution in [0, 0.1) is 0 Å². The van der Waals surface area contributed by atoms with Crippen LogP contribution in [0.4, 0.5) is 5.95 Å². The molecule has 0 radical (unpaired) electrons. The van der Waals surface area contributed by atoms with Crippen molar-refractivity contribution in [3.8, 4) is 0 Å². The molecule has 1 aromatic heterocycles. The topological polar surface area (TPSA) is 55.6 Å². The lowest BCUT2D eigenvalue weighted by Gasteiger charge is -2.31. The average Bonchev–Trinajstić information content (AvgIpc) is 3.10. The van der Waals surface area contributed by atoms with Crippen molar-refractivity contribution in [2.45, 2.75) is 23.4 Å². The summed E-state index contributed by atoms with van der Waals surface area (Å²) < 4.78 is 1.88. The molecular formula is C17H17N5S. The van der Waals surface area contributed by atoms with E-state index in [1.54, 1.807) is 11.8 Å². The molecule has 0 spiro atoms. The van der Waals surface area contributed by atoms with Crippen LogP contribution in [0.25, 0.3) is 0 Å². The van der Waals surface area contributed by atoms with Crippen molar-refractivity contribution in [2.24, 2.45) is 0 Å². The van der Waals surface area contributed by atoms with Gasteiger partial charge in [-0.15, -0.1) is 11.8 Å². The van der Waals surface area contributed by atoms with Gasteiger partial charge in [0.15, 0.2) is 0 Å². The largest absolute Gasteiger partial charge is 0.346 e. The van der Waals surface area contributed by atoms with Gasteiger partial charge in [0.1, 0.15) is 0 Å². The van der Waals surface area contributed by atoms with Gasteiger partial charge in [0, 0.05) is 4.90 Å². The molecule has 0 amide bonds. The summed E-state index contributed by atoms with van der Waals surface area (Å²) in [6.45, 7) is 0. The molecule has 23 heavy (non-hydrogen) atoms. The third-order valence-corrected chi connectivity index (χ3v) is 5.00. The second kappa shape index (κ2) is 6.04. The van der Waals surface area contributed by atoms with E-state index in [0.717, 1.165) is 12.4 Å². The highest BCUT2D eigenvalue weighted by atomic mass is 32.2. The summed E-state index contributed by atoms with van der Waals surface area (Å²) in [6, 6.07) is 19.5. The van der Waals surface area contributed by atoms with Gasteiger partial charge in [-0.3, -0.25) is 0 Å². The van der Waals surface area contributed by atoms with Crippen LogP contribution in [0.3, 0.4) is 0 Å². The quantitative estimate of drug-likeness (QED) is 0.747. The smallest absolute Gasteiger partial charge is 0.243 e. The Labute approximate surface area is 139 Å². The first-order valence-electron chi connectivity index (χ1n) is 7.58. The number of tetrazole rings is 1. The molecule has 0 bridgehead atoms. The standard InChI is InChI=1S/C17H17N5S/c1-23-14-9-7-13(8-10-14)16-11-15(12-5-3-2-4-6-12)18-17-19-20-21-22(16)17/h2-10,15-16H,11H2,1H3,(H,18,19,21). The number of aromatic nitrogens is 4. The number of hydrogen-bond acceptors (Lipinski definition) is 5. The van der Waals surface area contributed by atoms with Crippen molar-refractivity contribution in [1.29, 1.82) is 0 Å². The first-order valence-corrected chi connectivity index (χ1v) is 8.81. The van der Waals surface area contributed by atoms with Crippen LogP contribution in [0.2, 0.25) is 0 Å². The van der Waals surface area contributed by atoms with Crippen LogP contribution >= 0.6 is 11.8 Å². The lowest BCUT2D eigenvalue weighted by molar-refractivity contribution is 0.423. The molecular weight excluding hydrogens is 306 g/mol.